The molecule has 1 aliphatic heterocycles. The summed E-state index contributed by atoms with van der Waals surface area (Å²) in [5.41, 5.74) is 6.44. The van der Waals surface area contributed by atoms with E-state index in [1.54, 1.807) is 0 Å². The molecule has 0 bridgehead atoms. The minimum Gasteiger partial charge on any atom is -0.493 e. The van der Waals surface area contributed by atoms with Crippen LogP contribution in [0.4, 0.5) is 0 Å². The molecule has 2 heterocycles. The van der Waals surface area contributed by atoms with Gasteiger partial charge < -0.3 is 9.30 Å². The summed E-state index contributed by atoms with van der Waals surface area (Å²) in [5.74, 6) is 2.11. The average Bonchev–Trinajstić information content (AvgIpc) is 3.50. The van der Waals surface area contributed by atoms with Crippen molar-refractivity contribution in [2.75, 3.05) is 6.61 Å². The minimum atomic E-state index is 0.797. The number of unbranched alkanes of at least 4 members (excludes halogenated alkanes) is 1. The number of fused-ring (bicyclic) bond motifs is 1. The van der Waals surface area contributed by atoms with Gasteiger partial charge in [-0.3, -0.25) is 4.90 Å². The Morgan fingerprint density at radius 1 is 0.882 bits per heavy atom. The fraction of sp³-hybridized carbons (Fsp3) is 0.300. The molecule has 0 amide bonds. The standard InChI is InChI=1S/C30H33N3O/c1-2-3-17-33-28(20-31-30(33)26-12-8-5-9-13-26)23-32(21-24-10-6-4-7-11-24)22-25-14-15-29-27(19-25)16-18-34-29/h4-15,19-20H,2-3,16-18,21-23H2,1H3. The maximum Gasteiger partial charge on any atom is 0.140 e. The zero-order valence-electron chi connectivity index (χ0n) is 20.0. The summed E-state index contributed by atoms with van der Waals surface area (Å²) in [4.78, 5) is 7.40. The Balaban J connectivity index is 1.44. The second kappa shape index (κ2) is 10.7. The van der Waals surface area contributed by atoms with E-state index >= 15 is 0 Å². The van der Waals surface area contributed by atoms with E-state index in [0.29, 0.717) is 0 Å². The van der Waals surface area contributed by atoms with Crippen LogP contribution in [0.1, 0.15) is 42.1 Å². The second-order valence-electron chi connectivity index (χ2n) is 9.12. The third kappa shape index (κ3) is 5.23. The van der Waals surface area contributed by atoms with Gasteiger partial charge >= 0.3 is 0 Å². The summed E-state index contributed by atoms with van der Waals surface area (Å²) in [7, 11) is 0. The van der Waals surface area contributed by atoms with Gasteiger partial charge in [-0.15, -0.1) is 0 Å². The van der Waals surface area contributed by atoms with Crippen molar-refractivity contribution in [2.24, 2.45) is 0 Å². The highest BCUT2D eigenvalue weighted by Gasteiger charge is 2.17. The Hall–Kier alpha value is -3.37. The van der Waals surface area contributed by atoms with Gasteiger partial charge in [-0.25, -0.2) is 4.98 Å². The van der Waals surface area contributed by atoms with Crippen molar-refractivity contribution in [1.29, 1.82) is 0 Å². The molecule has 4 heteroatoms. The maximum absolute atomic E-state index is 5.72. The molecule has 0 radical (unpaired) electrons. The molecule has 5 rings (SSSR count). The molecular weight excluding hydrogens is 418 g/mol. The quantitative estimate of drug-likeness (QED) is 0.276. The Labute approximate surface area is 202 Å². The normalized spacial score (nSPS) is 12.6. The van der Waals surface area contributed by atoms with Crippen LogP contribution < -0.4 is 4.74 Å². The molecule has 0 saturated heterocycles. The van der Waals surface area contributed by atoms with Gasteiger partial charge in [0.15, 0.2) is 0 Å². The zero-order chi connectivity index (χ0) is 23.2. The Morgan fingerprint density at radius 2 is 1.65 bits per heavy atom. The summed E-state index contributed by atoms with van der Waals surface area (Å²) in [6, 6.07) is 28.0. The number of benzene rings is 3. The summed E-state index contributed by atoms with van der Waals surface area (Å²) in [5, 5.41) is 0. The summed E-state index contributed by atoms with van der Waals surface area (Å²) < 4.78 is 8.15. The lowest BCUT2D eigenvalue weighted by Crippen LogP contribution is -2.24. The Bertz CT molecular complexity index is 1200. The van der Waals surface area contributed by atoms with Crippen molar-refractivity contribution in [2.45, 2.75) is 52.4 Å². The van der Waals surface area contributed by atoms with Crippen LogP contribution in [0.15, 0.2) is 85.1 Å². The monoisotopic (exact) mass is 451 g/mol. The molecule has 0 spiro atoms. The highest BCUT2D eigenvalue weighted by Crippen LogP contribution is 2.27. The fourth-order valence-corrected chi connectivity index (χ4v) is 4.76. The average molecular weight is 452 g/mol. The molecule has 1 aliphatic rings. The smallest absolute Gasteiger partial charge is 0.140 e. The molecule has 174 valence electrons. The maximum atomic E-state index is 5.72. The van der Waals surface area contributed by atoms with Crippen LogP contribution in [0, 0.1) is 0 Å². The third-order valence-corrected chi connectivity index (χ3v) is 6.50. The fourth-order valence-electron chi connectivity index (χ4n) is 4.76. The largest absolute Gasteiger partial charge is 0.493 e. The Morgan fingerprint density at radius 3 is 2.44 bits per heavy atom. The predicted molar refractivity (Wildman–Crippen MR) is 138 cm³/mol. The van der Waals surface area contributed by atoms with Gasteiger partial charge in [0.1, 0.15) is 11.6 Å². The van der Waals surface area contributed by atoms with Gasteiger partial charge in [0.2, 0.25) is 0 Å². The molecule has 4 aromatic rings. The summed E-state index contributed by atoms with van der Waals surface area (Å²) >= 11 is 0. The highest BCUT2D eigenvalue weighted by molar-refractivity contribution is 5.55. The van der Waals surface area contributed by atoms with Gasteiger partial charge in [0, 0.05) is 38.2 Å². The first-order valence-corrected chi connectivity index (χ1v) is 12.4. The van der Waals surface area contributed by atoms with Crippen molar-refractivity contribution in [3.63, 3.8) is 0 Å². The van der Waals surface area contributed by atoms with E-state index in [0.717, 1.165) is 63.6 Å². The lowest BCUT2D eigenvalue weighted by Gasteiger charge is -2.24. The topological polar surface area (TPSA) is 30.3 Å². The third-order valence-electron chi connectivity index (χ3n) is 6.50. The molecule has 34 heavy (non-hydrogen) atoms. The molecule has 0 unspecified atom stereocenters. The van der Waals surface area contributed by atoms with Crippen LogP contribution in [-0.4, -0.2) is 21.1 Å². The first-order valence-electron chi connectivity index (χ1n) is 12.4. The Kier molecular flexibility index (Phi) is 7.06. The predicted octanol–water partition coefficient (Wildman–Crippen LogP) is 6.49. The van der Waals surface area contributed by atoms with Crippen LogP contribution in [0.3, 0.4) is 0 Å². The van der Waals surface area contributed by atoms with Crippen molar-refractivity contribution >= 4 is 0 Å². The van der Waals surface area contributed by atoms with Crippen LogP contribution in [0.25, 0.3) is 11.4 Å². The van der Waals surface area contributed by atoms with E-state index in [4.69, 9.17) is 9.72 Å². The first-order chi connectivity index (χ1) is 16.8. The summed E-state index contributed by atoms with van der Waals surface area (Å²) in [6.45, 7) is 6.68. The molecular formula is C30H33N3O. The van der Waals surface area contributed by atoms with E-state index in [1.807, 2.05) is 0 Å². The van der Waals surface area contributed by atoms with Crippen molar-refractivity contribution in [1.82, 2.24) is 14.5 Å². The lowest BCUT2D eigenvalue weighted by molar-refractivity contribution is 0.241. The van der Waals surface area contributed by atoms with Gasteiger partial charge in [0.05, 0.1) is 18.5 Å². The van der Waals surface area contributed by atoms with Gasteiger partial charge in [-0.05, 0) is 29.2 Å². The van der Waals surface area contributed by atoms with E-state index in [9.17, 15) is 0 Å². The number of aromatic nitrogens is 2. The molecule has 0 aliphatic carbocycles. The minimum absolute atomic E-state index is 0.797. The second-order valence-corrected chi connectivity index (χ2v) is 9.12. The van der Waals surface area contributed by atoms with Crippen LogP contribution in [0.2, 0.25) is 0 Å². The van der Waals surface area contributed by atoms with E-state index in [2.05, 4.69) is 101 Å². The van der Waals surface area contributed by atoms with Crippen molar-refractivity contribution in [3.05, 3.63) is 107 Å². The molecule has 0 N–H and O–H groups in total. The van der Waals surface area contributed by atoms with E-state index < -0.39 is 0 Å². The van der Waals surface area contributed by atoms with E-state index in [1.165, 1.54) is 27.9 Å². The SMILES string of the molecule is CCCCn1c(CN(Cc2ccccc2)Cc2ccc3c(c2)CCO3)cnc1-c1ccccc1. The first kappa shape index (κ1) is 22.4. The van der Waals surface area contributed by atoms with Crippen molar-refractivity contribution in [3.8, 4) is 17.1 Å². The number of hydrogen-bond donors (Lipinski definition) is 0. The lowest BCUT2D eigenvalue weighted by atomic mass is 10.1. The number of nitrogens with zero attached hydrogens (tertiary/aromatic N) is 3. The van der Waals surface area contributed by atoms with Crippen molar-refractivity contribution < 1.29 is 4.74 Å². The zero-order valence-corrected chi connectivity index (χ0v) is 20.0. The molecule has 3 aromatic carbocycles. The summed E-state index contributed by atoms with van der Waals surface area (Å²) in [6.07, 6.45) is 5.39. The van der Waals surface area contributed by atoms with Gasteiger partial charge in [-0.1, -0.05) is 86.1 Å². The van der Waals surface area contributed by atoms with Gasteiger partial charge in [-0.2, -0.15) is 0 Å². The number of imidazole rings is 1. The number of hydrogen-bond acceptors (Lipinski definition) is 3. The van der Waals surface area contributed by atoms with E-state index in [-0.39, 0.29) is 0 Å². The van der Waals surface area contributed by atoms with Crippen LogP contribution in [-0.2, 0) is 32.6 Å². The molecule has 1 aromatic heterocycles. The number of ether oxygens (including phenoxy) is 1. The van der Waals surface area contributed by atoms with Crippen LogP contribution in [0.5, 0.6) is 5.75 Å². The molecule has 0 atom stereocenters. The van der Waals surface area contributed by atoms with Crippen LogP contribution >= 0.6 is 0 Å². The molecule has 4 nitrogen and oxygen atoms in total. The van der Waals surface area contributed by atoms with Gasteiger partial charge in [0.25, 0.3) is 0 Å². The number of rotatable bonds is 10. The molecule has 0 saturated carbocycles. The molecule has 0 fully saturated rings. The highest BCUT2D eigenvalue weighted by atomic mass is 16.5.